The van der Waals surface area contributed by atoms with Crippen LogP contribution in [-0.4, -0.2) is 0 Å². The van der Waals surface area contributed by atoms with E-state index in [9.17, 15) is 8.22 Å². The first-order valence-corrected chi connectivity index (χ1v) is 15.5. The number of hydrogen-bond donors (Lipinski definition) is 0. The lowest BCUT2D eigenvalue weighted by atomic mass is 9.97. The van der Waals surface area contributed by atoms with Gasteiger partial charge in [0.05, 0.1) is 16.7 Å². The van der Waals surface area contributed by atoms with Crippen molar-refractivity contribution in [3.63, 3.8) is 0 Å². The molecule has 222 valence electrons. The lowest BCUT2D eigenvalue weighted by Crippen LogP contribution is -2.11. The first-order valence-electron chi connectivity index (χ1n) is 19.5. The molecule has 0 spiro atoms. The maximum Gasteiger partial charge on any atom is 0.0651 e. The van der Waals surface area contributed by atoms with Gasteiger partial charge < -0.3 is 4.90 Å². The van der Waals surface area contributed by atoms with E-state index in [1.54, 1.807) is 24.3 Å². The highest BCUT2D eigenvalue weighted by Crippen LogP contribution is 2.42. The van der Waals surface area contributed by atoms with Gasteiger partial charge in [0.1, 0.15) is 0 Å². The molecule has 0 aliphatic heterocycles. The molecule has 0 radical (unpaired) electrons. The molecule has 8 rings (SSSR count). The molecule has 0 amide bonds. The largest absolute Gasteiger partial charge is 0.310 e. The van der Waals surface area contributed by atoms with Gasteiger partial charge in [0.15, 0.2) is 0 Å². The van der Waals surface area contributed by atoms with E-state index < -0.39 is 12.1 Å². The van der Waals surface area contributed by atoms with Gasteiger partial charge in [0.25, 0.3) is 0 Å². The van der Waals surface area contributed by atoms with E-state index in [1.807, 2.05) is 127 Å². The van der Waals surface area contributed by atoms with Crippen molar-refractivity contribution in [3.05, 3.63) is 200 Å². The molecule has 0 aromatic heterocycles. The third-order valence-electron chi connectivity index (χ3n) is 8.22. The Balaban J connectivity index is 1.45. The molecule has 0 saturated heterocycles. The van der Waals surface area contributed by atoms with Gasteiger partial charge in [-0.15, -0.1) is 0 Å². The smallest absolute Gasteiger partial charge is 0.0651 e. The van der Waals surface area contributed by atoms with Crippen LogP contribution in [0.25, 0.3) is 55.3 Å². The molecule has 0 unspecified atom stereocenters. The number of anilines is 3. The van der Waals surface area contributed by atoms with Gasteiger partial charge in [0.2, 0.25) is 0 Å². The van der Waals surface area contributed by atoms with Gasteiger partial charge in [0, 0.05) is 16.9 Å². The quantitative estimate of drug-likeness (QED) is 0.174. The molecule has 0 saturated carbocycles. The zero-order valence-corrected chi connectivity index (χ0v) is 25.4. The summed E-state index contributed by atoms with van der Waals surface area (Å²) in [7, 11) is 0. The van der Waals surface area contributed by atoms with Crippen LogP contribution in [0.3, 0.4) is 0 Å². The van der Waals surface area contributed by atoms with E-state index in [1.165, 1.54) is 4.90 Å². The van der Waals surface area contributed by atoms with Crippen LogP contribution < -0.4 is 4.90 Å². The highest BCUT2D eigenvalue weighted by molar-refractivity contribution is 5.98. The topological polar surface area (TPSA) is 3.24 Å². The number of benzene rings is 8. The Morgan fingerprint density at radius 1 is 0.383 bits per heavy atom. The summed E-state index contributed by atoms with van der Waals surface area (Å²) < 4.78 is 75.2. The second kappa shape index (κ2) is 12.7. The minimum Gasteiger partial charge on any atom is -0.310 e. The maximum absolute atomic E-state index is 9.79. The lowest BCUT2D eigenvalue weighted by molar-refractivity contribution is 1.28. The third kappa shape index (κ3) is 5.72. The van der Waals surface area contributed by atoms with E-state index in [4.69, 9.17) is 2.74 Å². The summed E-state index contributed by atoms with van der Waals surface area (Å²) in [5, 5.41) is 1.64. The molecule has 0 atom stereocenters. The first-order chi connectivity index (χ1) is 26.7. The van der Waals surface area contributed by atoms with Gasteiger partial charge in [-0.2, -0.15) is 0 Å². The van der Waals surface area contributed by atoms with Crippen molar-refractivity contribution < 1.29 is 11.0 Å². The Bertz CT molecular complexity index is 2720. The van der Waals surface area contributed by atoms with Gasteiger partial charge in [-0.1, -0.05) is 164 Å². The van der Waals surface area contributed by atoms with Crippen LogP contribution in [-0.2, 0) is 0 Å². The van der Waals surface area contributed by atoms with Crippen molar-refractivity contribution >= 4 is 27.8 Å². The fourth-order valence-corrected chi connectivity index (χ4v) is 5.95. The number of rotatable bonds is 7. The van der Waals surface area contributed by atoms with Crippen LogP contribution in [0, 0.1) is 0 Å². The molecule has 0 heterocycles. The second-order valence-electron chi connectivity index (χ2n) is 11.1. The molecule has 1 nitrogen and oxygen atoms in total. The zero-order valence-electron chi connectivity index (χ0n) is 33.4. The molecule has 0 aliphatic rings. The summed E-state index contributed by atoms with van der Waals surface area (Å²) in [4.78, 5) is 1.42. The Hall–Kier alpha value is -6.18. The summed E-state index contributed by atoms with van der Waals surface area (Å²) in [5.74, 6) is 0. The number of nitrogens with zero attached hydrogens (tertiary/aromatic N) is 1. The second-order valence-corrected chi connectivity index (χ2v) is 11.1. The average molecular weight is 608 g/mol. The van der Waals surface area contributed by atoms with E-state index in [0.29, 0.717) is 22.4 Å². The predicted octanol–water partition coefficient (Wildman–Crippen LogP) is 13.0. The summed E-state index contributed by atoms with van der Waals surface area (Å²) in [6.07, 6.45) is 0. The van der Waals surface area contributed by atoms with Crippen LogP contribution >= 0.6 is 0 Å². The Morgan fingerprint density at radius 2 is 0.979 bits per heavy atom. The van der Waals surface area contributed by atoms with Crippen molar-refractivity contribution in [1.82, 2.24) is 0 Å². The molecule has 8 aromatic carbocycles. The van der Waals surface area contributed by atoms with E-state index in [2.05, 4.69) is 0 Å². The predicted molar refractivity (Wildman–Crippen MR) is 200 cm³/mol. The monoisotopic (exact) mass is 607 g/mol. The number of fused-ring (bicyclic) bond motifs is 1. The van der Waals surface area contributed by atoms with Crippen LogP contribution in [0.15, 0.2) is 200 Å². The van der Waals surface area contributed by atoms with Crippen molar-refractivity contribution in [3.8, 4) is 44.5 Å². The van der Waals surface area contributed by atoms with Crippen LogP contribution in [0.4, 0.5) is 17.1 Å². The van der Waals surface area contributed by atoms with Crippen molar-refractivity contribution in [2.24, 2.45) is 0 Å². The molecule has 0 bridgehead atoms. The molecule has 1 heteroatoms. The first kappa shape index (κ1) is 20.8. The summed E-state index contributed by atoms with van der Waals surface area (Å²) in [6.45, 7) is 0. The van der Waals surface area contributed by atoms with Gasteiger partial charge in [-0.05, 0) is 86.0 Å². The minimum atomic E-state index is -0.446. The molecule has 0 aliphatic carbocycles. The Morgan fingerprint density at radius 3 is 1.79 bits per heavy atom. The van der Waals surface area contributed by atoms with Crippen molar-refractivity contribution in [2.75, 3.05) is 4.90 Å². The van der Waals surface area contributed by atoms with Gasteiger partial charge in [-0.25, -0.2) is 0 Å². The number of para-hydroxylation sites is 1. The normalized spacial score (nSPS) is 13.4. The molecular weight excluding hydrogens is 567 g/mol. The van der Waals surface area contributed by atoms with E-state index in [0.717, 1.165) is 27.5 Å². The molecular formula is C46H33N. The molecule has 0 fully saturated rings. The lowest BCUT2D eigenvalue weighted by Gasteiger charge is -2.28. The number of hydrogen-bond acceptors (Lipinski definition) is 1. The minimum absolute atomic E-state index is 0.115. The molecule has 8 aromatic rings. The van der Waals surface area contributed by atoms with Crippen LogP contribution in [0.5, 0.6) is 0 Å². The standard InChI is InChI=1S/C46H33N/c1-3-14-34(15-4-1)38-20-11-21-39(32-38)35-28-30-41(31-29-35)47(46-27-10-9-25-45(46)37-16-5-2-6-17-37)42-23-12-22-40(33-42)44-26-13-19-36-18-7-8-24-43(36)44/h1-33H/i12D,22D,23D,28D,29D,30D,31D,33D. The highest BCUT2D eigenvalue weighted by Gasteiger charge is 2.18. The Kier molecular flexibility index (Phi) is 5.60. The van der Waals surface area contributed by atoms with Crippen LogP contribution in [0.2, 0.25) is 0 Å². The fraction of sp³-hybridized carbons (Fsp3) is 0. The highest BCUT2D eigenvalue weighted by atomic mass is 15.1. The van der Waals surface area contributed by atoms with Crippen molar-refractivity contribution in [1.29, 1.82) is 0 Å². The van der Waals surface area contributed by atoms with E-state index in [-0.39, 0.29) is 58.8 Å². The third-order valence-corrected chi connectivity index (χ3v) is 8.22. The Labute approximate surface area is 287 Å². The molecule has 0 N–H and O–H groups in total. The SMILES string of the molecule is [2H]c1c([2H])c(-c2cccc3ccccc23)c([2H])c(N(c2ccccc2-c2ccccc2)c2c([2H])c([2H])c(-c3cccc(-c4ccccc4)c3)c([2H])c2[2H])c1[2H]. The van der Waals surface area contributed by atoms with Gasteiger partial charge >= 0.3 is 0 Å². The molecule has 47 heavy (non-hydrogen) atoms. The maximum atomic E-state index is 9.79. The van der Waals surface area contributed by atoms with Gasteiger partial charge in [-0.3, -0.25) is 0 Å². The summed E-state index contributed by atoms with van der Waals surface area (Å²) in [6, 6.07) is 44.1. The fourth-order valence-electron chi connectivity index (χ4n) is 5.95. The van der Waals surface area contributed by atoms with Crippen LogP contribution in [0.1, 0.15) is 11.0 Å². The average Bonchev–Trinajstić information content (AvgIpc) is 3.22. The van der Waals surface area contributed by atoms with Crippen molar-refractivity contribution in [2.45, 2.75) is 0 Å². The zero-order chi connectivity index (χ0) is 38.4. The van der Waals surface area contributed by atoms with E-state index >= 15 is 0 Å². The summed E-state index contributed by atoms with van der Waals surface area (Å²) >= 11 is 0. The summed E-state index contributed by atoms with van der Waals surface area (Å²) in [5.41, 5.74) is 4.58.